The lowest BCUT2D eigenvalue weighted by molar-refractivity contribution is -0.849. The Balaban J connectivity index is 0. The topological polar surface area (TPSA) is 40.1 Å². The fraction of sp³-hybridized carbons (Fsp3) is 1.00. The van der Waals surface area contributed by atoms with Crippen molar-refractivity contribution in [2.24, 2.45) is 0 Å². The molecular formula is C5H15NO2S. The summed E-state index contributed by atoms with van der Waals surface area (Å²) in [6.45, 7) is 0. The molecule has 0 aliphatic carbocycles. The van der Waals surface area contributed by atoms with Crippen molar-refractivity contribution in [1.82, 2.24) is 0 Å². The van der Waals surface area contributed by atoms with Crippen molar-refractivity contribution in [1.29, 1.82) is 0 Å². The molecule has 0 aromatic heterocycles. The first-order valence-corrected chi connectivity index (χ1v) is 4.01. The molecule has 0 saturated heterocycles. The zero-order valence-corrected chi connectivity index (χ0v) is 7.49. The summed E-state index contributed by atoms with van der Waals surface area (Å²) in [5.41, 5.74) is 0. The second-order valence-electron chi connectivity index (χ2n) is 3.08. The molecule has 0 aliphatic rings. The summed E-state index contributed by atoms with van der Waals surface area (Å²) < 4.78 is 19.0. The highest BCUT2D eigenvalue weighted by Gasteiger charge is 1.88. The van der Waals surface area contributed by atoms with Crippen LogP contribution in [0.5, 0.6) is 0 Å². The maximum Gasteiger partial charge on any atom is 0.0675 e. The van der Waals surface area contributed by atoms with Crippen LogP contribution < -0.4 is 0 Å². The molecule has 0 radical (unpaired) electrons. The van der Waals surface area contributed by atoms with E-state index in [1.165, 1.54) is 0 Å². The van der Waals surface area contributed by atoms with Crippen LogP contribution in [0.4, 0.5) is 0 Å². The van der Waals surface area contributed by atoms with Gasteiger partial charge in [-0.3, -0.25) is 4.21 Å². The predicted octanol–water partition coefficient (Wildman–Crippen LogP) is -0.182. The average molecular weight is 153 g/mol. The van der Waals surface area contributed by atoms with E-state index in [9.17, 15) is 0 Å². The molecule has 0 N–H and O–H groups in total. The fourth-order valence-corrected chi connectivity index (χ4v) is 0. The van der Waals surface area contributed by atoms with E-state index in [2.05, 4.69) is 28.2 Å². The first-order valence-electron chi connectivity index (χ1n) is 2.53. The van der Waals surface area contributed by atoms with Crippen molar-refractivity contribution in [3.8, 4) is 0 Å². The number of hydrogen-bond acceptors (Lipinski definition) is 2. The monoisotopic (exact) mass is 153 g/mol. The van der Waals surface area contributed by atoms with E-state index in [-0.39, 0.29) is 0 Å². The lowest BCUT2D eigenvalue weighted by Gasteiger charge is -2.14. The molecule has 4 heteroatoms. The third-order valence-electron chi connectivity index (χ3n) is 0. The minimum absolute atomic E-state index is 1.00. The summed E-state index contributed by atoms with van der Waals surface area (Å²) >= 11 is -1.86. The van der Waals surface area contributed by atoms with Gasteiger partial charge in [-0.2, -0.15) is 0 Å². The molecule has 0 heterocycles. The van der Waals surface area contributed by atoms with E-state index < -0.39 is 11.1 Å². The van der Waals surface area contributed by atoms with Gasteiger partial charge in [-0.15, -0.1) is 0 Å². The molecule has 58 valence electrons. The molecule has 0 aromatic carbocycles. The van der Waals surface area contributed by atoms with E-state index in [1.54, 1.807) is 0 Å². The van der Waals surface area contributed by atoms with Crippen molar-refractivity contribution in [3.63, 3.8) is 0 Å². The standard InChI is InChI=1S/C4H12N.CH4O2S/c1-5(2,3)4;1-4(2)3/h1-4H3;1H3,(H,2,3)/q+1;/p-1. The van der Waals surface area contributed by atoms with E-state index in [1.807, 2.05) is 0 Å². The summed E-state index contributed by atoms with van der Waals surface area (Å²) in [4.78, 5) is 0. The van der Waals surface area contributed by atoms with Crippen molar-refractivity contribution in [3.05, 3.63) is 0 Å². The van der Waals surface area contributed by atoms with Gasteiger partial charge in [0.05, 0.1) is 28.2 Å². The highest BCUT2D eigenvalue weighted by atomic mass is 32.2. The van der Waals surface area contributed by atoms with Gasteiger partial charge in [0.15, 0.2) is 0 Å². The summed E-state index contributed by atoms with van der Waals surface area (Å²) in [6.07, 6.45) is 1.08. The Labute approximate surface area is 59.6 Å². The Morgan fingerprint density at radius 3 is 1.22 bits per heavy atom. The van der Waals surface area contributed by atoms with Gasteiger partial charge >= 0.3 is 0 Å². The van der Waals surface area contributed by atoms with E-state index >= 15 is 0 Å². The van der Waals surface area contributed by atoms with E-state index in [4.69, 9.17) is 8.76 Å². The summed E-state index contributed by atoms with van der Waals surface area (Å²) in [7, 11) is 8.50. The molecular weight excluding hydrogens is 138 g/mol. The summed E-state index contributed by atoms with van der Waals surface area (Å²) in [6, 6.07) is 0. The number of hydrogen-bond donors (Lipinski definition) is 0. The van der Waals surface area contributed by atoms with Crippen LogP contribution in [0.1, 0.15) is 0 Å². The van der Waals surface area contributed by atoms with Crippen LogP contribution in [-0.2, 0) is 11.1 Å². The van der Waals surface area contributed by atoms with E-state index in [0.29, 0.717) is 0 Å². The minimum atomic E-state index is -1.86. The van der Waals surface area contributed by atoms with Crippen molar-refractivity contribution >= 4 is 11.1 Å². The average Bonchev–Trinajstić information content (AvgIpc) is 1.19. The second kappa shape index (κ2) is 4.90. The molecule has 1 atom stereocenters. The van der Waals surface area contributed by atoms with Gasteiger partial charge < -0.3 is 9.04 Å². The molecule has 0 bridgehead atoms. The molecule has 1 unspecified atom stereocenters. The van der Waals surface area contributed by atoms with Crippen molar-refractivity contribution in [2.45, 2.75) is 0 Å². The SMILES string of the molecule is CS(=O)[O-].C[N+](C)(C)C. The third kappa shape index (κ3) is 60700. The predicted molar refractivity (Wildman–Crippen MR) is 38.8 cm³/mol. The molecule has 0 spiro atoms. The number of nitrogens with zero attached hydrogens (tertiary/aromatic N) is 1. The normalized spacial score (nSPS) is 13.6. The molecule has 0 rings (SSSR count). The van der Waals surface area contributed by atoms with Gasteiger partial charge in [0.2, 0.25) is 0 Å². The first-order chi connectivity index (χ1) is 3.73. The maximum absolute atomic E-state index is 9.00. The highest BCUT2D eigenvalue weighted by Crippen LogP contribution is 1.73. The zero-order valence-electron chi connectivity index (χ0n) is 6.67. The Hall–Kier alpha value is 0.0700. The molecule has 9 heavy (non-hydrogen) atoms. The lowest BCUT2D eigenvalue weighted by atomic mass is 10.8. The van der Waals surface area contributed by atoms with Gasteiger partial charge in [-0.05, 0) is 6.26 Å². The van der Waals surface area contributed by atoms with Crippen LogP contribution in [0.3, 0.4) is 0 Å². The highest BCUT2D eigenvalue weighted by molar-refractivity contribution is 7.78. The quantitative estimate of drug-likeness (QED) is 0.358. The van der Waals surface area contributed by atoms with Crippen LogP contribution in [0.2, 0.25) is 0 Å². The molecule has 0 aliphatic heterocycles. The van der Waals surface area contributed by atoms with Crippen LogP contribution in [0, 0.1) is 0 Å². The maximum atomic E-state index is 9.00. The first kappa shape index (κ1) is 11.8. The molecule has 0 aromatic rings. The second-order valence-corrected chi connectivity index (χ2v) is 3.89. The van der Waals surface area contributed by atoms with E-state index in [0.717, 1.165) is 10.7 Å². The van der Waals surface area contributed by atoms with Gasteiger partial charge in [-0.1, -0.05) is 11.1 Å². The Bertz CT molecular complexity index is 77.4. The molecule has 0 fully saturated rings. The summed E-state index contributed by atoms with van der Waals surface area (Å²) in [5, 5.41) is 0. The van der Waals surface area contributed by atoms with Crippen molar-refractivity contribution in [2.75, 3.05) is 34.4 Å². The van der Waals surface area contributed by atoms with Crippen molar-refractivity contribution < 1.29 is 13.2 Å². The minimum Gasteiger partial charge on any atom is -0.773 e. The fourth-order valence-electron chi connectivity index (χ4n) is 0. The third-order valence-corrected chi connectivity index (χ3v) is 0. The zero-order chi connectivity index (χ0) is 8.08. The Kier molecular flexibility index (Phi) is 6.44. The number of rotatable bonds is 0. The lowest BCUT2D eigenvalue weighted by Crippen LogP contribution is -2.27. The van der Waals surface area contributed by atoms with Gasteiger partial charge in [0.25, 0.3) is 0 Å². The van der Waals surface area contributed by atoms with Crippen LogP contribution in [0.15, 0.2) is 0 Å². The van der Waals surface area contributed by atoms with Gasteiger partial charge in [0, 0.05) is 0 Å². The van der Waals surface area contributed by atoms with Crippen LogP contribution in [0.25, 0.3) is 0 Å². The van der Waals surface area contributed by atoms with Gasteiger partial charge in [0.1, 0.15) is 0 Å². The van der Waals surface area contributed by atoms with Gasteiger partial charge in [-0.25, -0.2) is 0 Å². The molecule has 0 amide bonds. The van der Waals surface area contributed by atoms with Crippen LogP contribution in [-0.4, -0.2) is 47.7 Å². The smallest absolute Gasteiger partial charge is 0.0675 e. The number of quaternary nitrogens is 1. The molecule has 0 saturated carbocycles. The van der Waals surface area contributed by atoms with Crippen LogP contribution >= 0.6 is 0 Å². The Morgan fingerprint density at radius 2 is 1.22 bits per heavy atom. The molecule has 3 nitrogen and oxygen atoms in total. The largest absolute Gasteiger partial charge is 0.773 e. The summed E-state index contributed by atoms with van der Waals surface area (Å²) in [5.74, 6) is 0. The Morgan fingerprint density at radius 1 is 1.22 bits per heavy atom.